The number of Topliss-reactive ketones (excluding diaryl/α,β-unsaturated/α-hetero) is 2. The average molecular weight is 443 g/mol. The number of rotatable bonds is 8. The van der Waals surface area contributed by atoms with Crippen LogP contribution in [0.15, 0.2) is 60.7 Å². The number of aryl methyl sites for hydroxylation is 2. The summed E-state index contributed by atoms with van der Waals surface area (Å²) in [7, 11) is 2.01. The van der Waals surface area contributed by atoms with Gasteiger partial charge in [0.25, 0.3) is 0 Å². The number of hydrogen-bond donors (Lipinski definition) is 1. The molecule has 5 heteroatoms. The van der Waals surface area contributed by atoms with Crippen LogP contribution in [0.1, 0.15) is 45.2 Å². The number of nitrogens with one attached hydrogen (secondary N) is 1. The summed E-state index contributed by atoms with van der Waals surface area (Å²) < 4.78 is 0. The summed E-state index contributed by atoms with van der Waals surface area (Å²) in [6.45, 7) is 4.15. The van der Waals surface area contributed by atoms with Crippen molar-refractivity contribution in [3.8, 4) is 0 Å². The molecule has 5 atom stereocenters. The monoisotopic (exact) mass is 442 g/mol. The standard InChI is InChI=1S/C13H17NO.C12H15NO.CH4.H2S/c1-10-13(14(10)2)12(15)9-8-11-6-4-3-5-7-11;1-9-12(13-9)11(14)8-7-10-5-3-2-4-6-10;;/h3-7,10,13H,8-9H2,1-2H3;2-6,9,12-13H,7-8H2,1H3;1H4;1H2/t10-,13-,14?;9-,12-;;/m00../s1. The molecule has 0 aliphatic carbocycles. The molecule has 1 N–H and O–H groups in total. The molecular weight excluding hydrogens is 404 g/mol. The first-order valence-corrected chi connectivity index (χ1v) is 10.6. The van der Waals surface area contributed by atoms with E-state index in [1.54, 1.807) is 0 Å². The lowest BCUT2D eigenvalue weighted by Gasteiger charge is -1.99. The Morgan fingerprint density at radius 3 is 1.58 bits per heavy atom. The molecule has 2 heterocycles. The second-order valence-electron chi connectivity index (χ2n) is 8.19. The highest BCUT2D eigenvalue weighted by atomic mass is 32.1. The van der Waals surface area contributed by atoms with Crippen LogP contribution in [0.25, 0.3) is 0 Å². The van der Waals surface area contributed by atoms with Crippen molar-refractivity contribution in [2.75, 3.05) is 7.05 Å². The molecule has 4 rings (SSSR count). The third-order valence-electron chi connectivity index (χ3n) is 5.96. The van der Waals surface area contributed by atoms with Crippen molar-refractivity contribution in [1.29, 1.82) is 0 Å². The van der Waals surface area contributed by atoms with Crippen molar-refractivity contribution in [2.45, 2.75) is 71.1 Å². The molecule has 2 aromatic rings. The van der Waals surface area contributed by atoms with Crippen molar-refractivity contribution < 1.29 is 9.59 Å². The van der Waals surface area contributed by atoms with Crippen LogP contribution in [0, 0.1) is 0 Å². The summed E-state index contributed by atoms with van der Waals surface area (Å²) in [5, 5.41) is 3.12. The molecule has 31 heavy (non-hydrogen) atoms. The van der Waals surface area contributed by atoms with E-state index in [2.05, 4.69) is 41.4 Å². The van der Waals surface area contributed by atoms with Crippen LogP contribution in [-0.4, -0.2) is 47.7 Å². The van der Waals surface area contributed by atoms with Crippen LogP contribution in [-0.2, 0) is 22.4 Å². The van der Waals surface area contributed by atoms with Gasteiger partial charge in [-0.2, -0.15) is 13.5 Å². The van der Waals surface area contributed by atoms with Gasteiger partial charge in [0.1, 0.15) is 0 Å². The van der Waals surface area contributed by atoms with Crippen LogP contribution in [0.3, 0.4) is 0 Å². The SMILES string of the molecule is C.C[C@@H]1N[C@@H]1C(=O)CCc1ccccc1.C[C@H]1[C@@H](C(=O)CCc2ccccc2)N1C.S. The Bertz CT molecular complexity index is 805. The van der Waals surface area contributed by atoms with Gasteiger partial charge >= 0.3 is 0 Å². The van der Waals surface area contributed by atoms with Gasteiger partial charge in [-0.3, -0.25) is 14.5 Å². The van der Waals surface area contributed by atoms with Gasteiger partial charge in [-0.05, 0) is 44.9 Å². The minimum Gasteiger partial charge on any atom is -0.302 e. The van der Waals surface area contributed by atoms with E-state index >= 15 is 0 Å². The van der Waals surface area contributed by atoms with E-state index in [0.29, 0.717) is 36.5 Å². The van der Waals surface area contributed by atoms with Gasteiger partial charge in [-0.25, -0.2) is 0 Å². The van der Waals surface area contributed by atoms with Crippen molar-refractivity contribution in [3.63, 3.8) is 0 Å². The molecule has 2 saturated heterocycles. The van der Waals surface area contributed by atoms with Crippen LogP contribution in [0.5, 0.6) is 0 Å². The van der Waals surface area contributed by atoms with E-state index in [1.165, 1.54) is 11.1 Å². The molecule has 2 aliphatic rings. The zero-order chi connectivity index (χ0) is 20.8. The maximum Gasteiger partial charge on any atom is 0.151 e. The maximum absolute atomic E-state index is 11.8. The van der Waals surface area contributed by atoms with Crippen molar-refractivity contribution >= 4 is 25.1 Å². The average Bonchev–Trinajstić information content (AvgIpc) is 3.63. The zero-order valence-corrected chi connectivity index (χ0v) is 19.2. The summed E-state index contributed by atoms with van der Waals surface area (Å²) >= 11 is 0. The van der Waals surface area contributed by atoms with E-state index in [0.717, 1.165) is 12.8 Å². The molecule has 2 aliphatic heterocycles. The van der Waals surface area contributed by atoms with Gasteiger partial charge in [0.15, 0.2) is 11.6 Å². The minimum absolute atomic E-state index is 0. The predicted octanol–water partition coefficient (Wildman–Crippen LogP) is 4.19. The Labute approximate surface area is 194 Å². The second-order valence-corrected chi connectivity index (χ2v) is 8.19. The maximum atomic E-state index is 11.8. The van der Waals surface area contributed by atoms with Crippen LogP contribution >= 0.6 is 13.5 Å². The Hall–Kier alpha value is -1.95. The van der Waals surface area contributed by atoms with E-state index in [4.69, 9.17) is 0 Å². The highest BCUT2D eigenvalue weighted by molar-refractivity contribution is 7.59. The molecule has 0 bridgehead atoms. The smallest absolute Gasteiger partial charge is 0.151 e. The lowest BCUT2D eigenvalue weighted by atomic mass is 10.1. The number of carbonyl (C=O) groups excluding carboxylic acids is 2. The van der Waals surface area contributed by atoms with Gasteiger partial charge < -0.3 is 5.32 Å². The molecular formula is C26H38N2O2S. The van der Waals surface area contributed by atoms with E-state index in [-0.39, 0.29) is 33.0 Å². The molecule has 2 fully saturated rings. The highest BCUT2D eigenvalue weighted by Gasteiger charge is 2.45. The number of hydrogen-bond acceptors (Lipinski definition) is 4. The normalized spacial score (nSPS) is 25.1. The first kappa shape index (κ1) is 27.1. The molecule has 4 nitrogen and oxygen atoms in total. The van der Waals surface area contributed by atoms with Gasteiger partial charge in [0.2, 0.25) is 0 Å². The number of ketones is 2. The molecule has 0 spiro atoms. The van der Waals surface area contributed by atoms with Gasteiger partial charge in [-0.15, -0.1) is 0 Å². The van der Waals surface area contributed by atoms with Crippen LogP contribution < -0.4 is 5.32 Å². The summed E-state index contributed by atoms with van der Waals surface area (Å²) in [4.78, 5) is 25.4. The van der Waals surface area contributed by atoms with Gasteiger partial charge in [-0.1, -0.05) is 68.1 Å². The highest BCUT2D eigenvalue weighted by Crippen LogP contribution is 2.26. The fraction of sp³-hybridized carbons (Fsp3) is 0.462. The summed E-state index contributed by atoms with van der Waals surface area (Å²) in [5.41, 5.74) is 2.50. The van der Waals surface area contributed by atoms with E-state index in [1.807, 2.05) is 50.4 Å². The topological polar surface area (TPSA) is 59.1 Å². The Kier molecular flexibility index (Phi) is 11.2. The molecule has 1 unspecified atom stereocenters. The lowest BCUT2D eigenvalue weighted by Crippen LogP contribution is -2.12. The molecule has 2 aromatic carbocycles. The van der Waals surface area contributed by atoms with Crippen molar-refractivity contribution in [1.82, 2.24) is 10.2 Å². The Morgan fingerprint density at radius 2 is 1.23 bits per heavy atom. The molecule has 0 aromatic heterocycles. The second kappa shape index (κ2) is 12.8. The first-order chi connectivity index (χ1) is 14.0. The minimum atomic E-state index is 0. The number of carbonyl (C=O) groups is 2. The van der Waals surface area contributed by atoms with Gasteiger partial charge in [0, 0.05) is 24.9 Å². The molecule has 0 saturated carbocycles. The van der Waals surface area contributed by atoms with Crippen LogP contribution in [0.4, 0.5) is 0 Å². The fourth-order valence-electron chi connectivity index (χ4n) is 3.72. The molecule has 0 amide bonds. The Morgan fingerprint density at radius 1 is 0.839 bits per heavy atom. The van der Waals surface area contributed by atoms with E-state index in [9.17, 15) is 9.59 Å². The molecule has 170 valence electrons. The first-order valence-electron chi connectivity index (χ1n) is 10.6. The zero-order valence-electron chi connectivity index (χ0n) is 18.2. The largest absolute Gasteiger partial charge is 0.302 e. The van der Waals surface area contributed by atoms with Crippen molar-refractivity contribution in [2.24, 2.45) is 0 Å². The fourth-order valence-corrected chi connectivity index (χ4v) is 3.72. The lowest BCUT2D eigenvalue weighted by molar-refractivity contribution is -0.119. The Balaban J connectivity index is 0.000000292. The molecule has 0 radical (unpaired) electrons. The van der Waals surface area contributed by atoms with Crippen molar-refractivity contribution in [3.05, 3.63) is 71.8 Å². The summed E-state index contributed by atoms with van der Waals surface area (Å²) in [6, 6.07) is 21.5. The van der Waals surface area contributed by atoms with E-state index < -0.39 is 0 Å². The number of benzene rings is 2. The number of likely N-dealkylation sites (N-methyl/N-ethyl adjacent to an activating group) is 1. The third kappa shape index (κ3) is 8.24. The third-order valence-corrected chi connectivity index (χ3v) is 5.96. The van der Waals surface area contributed by atoms with Crippen LogP contribution in [0.2, 0.25) is 0 Å². The predicted molar refractivity (Wildman–Crippen MR) is 134 cm³/mol. The summed E-state index contributed by atoms with van der Waals surface area (Å²) in [5.74, 6) is 0.732. The number of nitrogens with zero attached hydrogens (tertiary/aromatic N) is 1. The summed E-state index contributed by atoms with van der Waals surface area (Å²) in [6.07, 6.45) is 3.07. The van der Waals surface area contributed by atoms with Gasteiger partial charge in [0.05, 0.1) is 12.1 Å². The quantitative estimate of drug-likeness (QED) is 0.623.